The van der Waals surface area contributed by atoms with Crippen LogP contribution in [0.25, 0.3) is 10.9 Å². The molecule has 0 unspecified atom stereocenters. The van der Waals surface area contributed by atoms with Crippen molar-refractivity contribution in [3.8, 4) is 5.75 Å². The molecule has 0 aliphatic carbocycles. The van der Waals surface area contributed by atoms with Crippen LogP contribution in [-0.4, -0.2) is 94.8 Å². The molecule has 0 bridgehead atoms. The Kier molecular flexibility index (Phi) is 14.8. The van der Waals surface area contributed by atoms with Gasteiger partial charge in [0.15, 0.2) is 0 Å². The van der Waals surface area contributed by atoms with E-state index in [1.807, 2.05) is 81.3 Å². The molecule has 304 valence electrons. The fraction of sp³-hybridized carbons (Fsp3) is 0.442. The van der Waals surface area contributed by atoms with Gasteiger partial charge in [-0.3, -0.25) is 33.9 Å². The first-order valence-corrected chi connectivity index (χ1v) is 19.6. The Morgan fingerprint density at radius 2 is 1.42 bits per heavy atom. The van der Waals surface area contributed by atoms with Crippen LogP contribution in [0.15, 0.2) is 79.1 Å². The Balaban J connectivity index is 1.52. The van der Waals surface area contributed by atoms with Gasteiger partial charge in [0.1, 0.15) is 29.9 Å². The van der Waals surface area contributed by atoms with Crippen LogP contribution in [0.2, 0.25) is 0 Å². The maximum Gasteiger partial charge on any atom is 0.243 e. The molecule has 4 aromatic rings. The van der Waals surface area contributed by atoms with Crippen LogP contribution in [0.4, 0.5) is 0 Å². The van der Waals surface area contributed by atoms with Crippen LogP contribution in [0.5, 0.6) is 5.75 Å². The van der Waals surface area contributed by atoms with E-state index in [0.29, 0.717) is 12.3 Å². The molecule has 2 aromatic carbocycles. The van der Waals surface area contributed by atoms with E-state index in [9.17, 15) is 24.0 Å². The Bertz CT molecular complexity index is 1980. The highest BCUT2D eigenvalue weighted by Crippen LogP contribution is 2.20. The largest absolute Gasteiger partial charge is 0.497 e. The van der Waals surface area contributed by atoms with Gasteiger partial charge in [-0.2, -0.15) is 0 Å². The van der Waals surface area contributed by atoms with Crippen molar-refractivity contribution in [2.75, 3.05) is 20.2 Å². The number of hydrogen-bond acceptors (Lipinski definition) is 8. The van der Waals surface area contributed by atoms with Crippen molar-refractivity contribution in [2.45, 2.75) is 90.6 Å². The lowest BCUT2D eigenvalue weighted by Crippen LogP contribution is -2.60. The monoisotopic (exact) mass is 780 g/mol. The van der Waals surface area contributed by atoms with E-state index in [1.165, 1.54) is 0 Å². The van der Waals surface area contributed by atoms with E-state index in [4.69, 9.17) is 4.74 Å². The van der Waals surface area contributed by atoms with Gasteiger partial charge in [-0.05, 0) is 66.6 Å². The molecule has 2 aromatic heterocycles. The van der Waals surface area contributed by atoms with Crippen molar-refractivity contribution < 1.29 is 28.7 Å². The molecule has 3 heterocycles. The van der Waals surface area contributed by atoms with E-state index >= 15 is 0 Å². The number of aromatic nitrogens is 2. The van der Waals surface area contributed by atoms with Crippen molar-refractivity contribution in [3.63, 3.8) is 0 Å². The van der Waals surface area contributed by atoms with E-state index in [0.717, 1.165) is 27.7 Å². The summed E-state index contributed by atoms with van der Waals surface area (Å²) in [5.41, 5.74) is 3.17. The second kappa shape index (κ2) is 19.9. The zero-order chi connectivity index (χ0) is 41.1. The second-order valence-electron chi connectivity index (χ2n) is 15.6. The van der Waals surface area contributed by atoms with Crippen molar-refractivity contribution in [1.29, 1.82) is 0 Å². The number of aromatic amines is 1. The highest BCUT2D eigenvalue weighted by Gasteiger charge is 2.33. The first kappa shape index (κ1) is 42.4. The number of H-pyrrole nitrogens is 1. The standard InChI is InChI=1S/C43H56N8O6/c1-26(2)19-35-42(55)49-36(20-29-14-16-32(57-6)17-15-29)41(54)46-28(5)40(53)50-38(27(3)4)24-51(23-31-11-9-10-18-44-31)25-39(52)47-37(43(56)48-35)21-30-22-45-34-13-8-7-12-33(30)34/h7-18,22,26-28,35-38,45H,19-21,23-25H2,1-6H3,(H,46,54)(H,47,52)(H,48,56)(H,49,55)(H,50,53)/t28-,35+,36+,37-,38-/m1/s1. The molecular weight excluding hydrogens is 725 g/mol. The average Bonchev–Trinajstić information content (AvgIpc) is 3.59. The van der Waals surface area contributed by atoms with Gasteiger partial charge < -0.3 is 36.3 Å². The number of fused-ring (bicyclic) bond motifs is 1. The second-order valence-corrected chi connectivity index (χ2v) is 15.6. The number of ether oxygens (including phenoxy) is 1. The number of benzene rings is 2. The van der Waals surface area contributed by atoms with Gasteiger partial charge in [0.25, 0.3) is 0 Å². The Morgan fingerprint density at radius 1 is 0.754 bits per heavy atom. The van der Waals surface area contributed by atoms with Crippen LogP contribution < -0.4 is 31.3 Å². The molecule has 1 aliphatic heterocycles. The fourth-order valence-electron chi connectivity index (χ4n) is 6.92. The lowest BCUT2D eigenvalue weighted by atomic mass is 9.99. The van der Waals surface area contributed by atoms with Gasteiger partial charge in [0.05, 0.1) is 19.3 Å². The van der Waals surface area contributed by atoms with Gasteiger partial charge in [-0.15, -0.1) is 0 Å². The number of nitrogens with one attached hydrogen (secondary N) is 6. The molecule has 14 heteroatoms. The summed E-state index contributed by atoms with van der Waals surface area (Å²) in [7, 11) is 1.56. The predicted octanol–water partition coefficient (Wildman–Crippen LogP) is 3.02. The average molecular weight is 781 g/mol. The van der Waals surface area contributed by atoms with Gasteiger partial charge in [0, 0.05) is 55.3 Å². The van der Waals surface area contributed by atoms with E-state index in [2.05, 4.69) is 36.6 Å². The number of nitrogens with zero attached hydrogens (tertiary/aromatic N) is 2. The normalized spacial score (nSPS) is 22.2. The van der Waals surface area contributed by atoms with E-state index in [1.54, 1.807) is 44.5 Å². The number of rotatable bonds is 10. The van der Waals surface area contributed by atoms with Crippen LogP contribution in [-0.2, 0) is 43.4 Å². The SMILES string of the molecule is COc1ccc(C[C@@H]2NC(=O)[C@H](CC(C)C)NC(=O)[C@@H](Cc3c[nH]c4ccccc34)NC(=O)CN(Cc3ccccn3)C[C@H](C(C)C)NC(=O)[C@@H](C)NC2=O)cc1. The first-order valence-electron chi connectivity index (χ1n) is 19.6. The summed E-state index contributed by atoms with van der Waals surface area (Å²) in [5, 5.41) is 15.6. The summed E-state index contributed by atoms with van der Waals surface area (Å²) in [4.78, 5) is 79.9. The van der Waals surface area contributed by atoms with E-state index in [-0.39, 0.29) is 44.2 Å². The number of carbonyl (C=O) groups is 5. The maximum absolute atomic E-state index is 14.4. The Morgan fingerprint density at radius 3 is 2.11 bits per heavy atom. The molecule has 0 saturated carbocycles. The first-order chi connectivity index (χ1) is 27.3. The van der Waals surface area contributed by atoms with Crippen molar-refractivity contribution in [3.05, 3.63) is 95.9 Å². The van der Waals surface area contributed by atoms with Gasteiger partial charge in [-0.25, -0.2) is 0 Å². The molecule has 14 nitrogen and oxygen atoms in total. The number of methoxy groups -OCH3 is 1. The Hall–Kier alpha value is -5.76. The Labute approximate surface area is 334 Å². The summed E-state index contributed by atoms with van der Waals surface area (Å²) < 4.78 is 5.30. The zero-order valence-electron chi connectivity index (χ0n) is 33.6. The van der Waals surface area contributed by atoms with Gasteiger partial charge in [0.2, 0.25) is 29.5 Å². The molecule has 0 spiro atoms. The smallest absolute Gasteiger partial charge is 0.243 e. The molecular formula is C43H56N8O6. The van der Waals surface area contributed by atoms with Gasteiger partial charge in [-0.1, -0.05) is 64.1 Å². The number of pyridine rings is 1. The molecule has 5 atom stereocenters. The molecule has 6 N–H and O–H groups in total. The number of hydrogen-bond donors (Lipinski definition) is 6. The van der Waals surface area contributed by atoms with Gasteiger partial charge >= 0.3 is 0 Å². The number of carbonyl (C=O) groups excluding carboxylic acids is 5. The van der Waals surface area contributed by atoms with Crippen LogP contribution in [0.1, 0.15) is 57.9 Å². The minimum atomic E-state index is -1.09. The molecule has 1 fully saturated rings. The van der Waals surface area contributed by atoms with Crippen molar-refractivity contribution >= 4 is 40.4 Å². The summed E-state index contributed by atoms with van der Waals surface area (Å²) >= 11 is 0. The minimum absolute atomic E-state index is 0.0211. The van der Waals surface area contributed by atoms with Crippen LogP contribution >= 0.6 is 0 Å². The van der Waals surface area contributed by atoms with Crippen molar-refractivity contribution in [2.24, 2.45) is 11.8 Å². The van der Waals surface area contributed by atoms with Crippen LogP contribution in [0, 0.1) is 11.8 Å². The van der Waals surface area contributed by atoms with Crippen LogP contribution in [0.3, 0.4) is 0 Å². The lowest BCUT2D eigenvalue weighted by molar-refractivity contribution is -0.135. The number of amides is 5. The van der Waals surface area contributed by atoms with Crippen molar-refractivity contribution in [1.82, 2.24) is 41.5 Å². The summed E-state index contributed by atoms with van der Waals surface area (Å²) in [6.07, 6.45) is 4.00. The molecule has 0 radical (unpaired) electrons. The predicted molar refractivity (Wildman–Crippen MR) is 218 cm³/mol. The lowest BCUT2D eigenvalue weighted by Gasteiger charge is -2.32. The highest BCUT2D eigenvalue weighted by atomic mass is 16.5. The third kappa shape index (κ3) is 12.1. The summed E-state index contributed by atoms with van der Waals surface area (Å²) in [5.74, 6) is -1.93. The molecule has 57 heavy (non-hydrogen) atoms. The molecule has 1 saturated heterocycles. The topological polar surface area (TPSA) is 187 Å². The molecule has 5 rings (SSSR count). The quantitative estimate of drug-likeness (QED) is 0.142. The maximum atomic E-state index is 14.4. The third-order valence-electron chi connectivity index (χ3n) is 10.1. The number of para-hydroxylation sites is 1. The zero-order valence-corrected chi connectivity index (χ0v) is 33.6. The summed E-state index contributed by atoms with van der Waals surface area (Å²) in [6.45, 7) is 9.84. The highest BCUT2D eigenvalue weighted by molar-refractivity contribution is 5.96. The minimum Gasteiger partial charge on any atom is -0.497 e. The fourth-order valence-corrected chi connectivity index (χ4v) is 6.92. The third-order valence-corrected chi connectivity index (χ3v) is 10.1. The van der Waals surface area contributed by atoms with E-state index < -0.39 is 59.7 Å². The molecule has 1 aliphatic rings. The molecule has 5 amide bonds. The summed E-state index contributed by atoms with van der Waals surface area (Å²) in [6, 6.07) is 15.8.